The lowest BCUT2D eigenvalue weighted by Gasteiger charge is -2.40. The number of allylic oxidation sites excluding steroid dienone is 4. The van der Waals surface area contributed by atoms with E-state index in [0.29, 0.717) is 11.0 Å². The van der Waals surface area contributed by atoms with Crippen molar-refractivity contribution in [3.8, 4) is 0 Å². The number of rotatable bonds is 1. The van der Waals surface area contributed by atoms with Gasteiger partial charge in [0.05, 0.1) is 4.87 Å². The molecular weight excluding hydrogens is 207 g/mol. The maximum absolute atomic E-state index is 11.2. The Balaban J connectivity index is 2.35. The number of hydrogen-bond acceptors (Lipinski definition) is 1. The summed E-state index contributed by atoms with van der Waals surface area (Å²) in [5.41, 5.74) is 0.829. The van der Waals surface area contributed by atoms with Crippen molar-refractivity contribution in [3.63, 3.8) is 0 Å². The van der Waals surface area contributed by atoms with E-state index in [4.69, 9.17) is 23.2 Å². The Hall–Kier alpha value is -0.270. The number of halogens is 2. The molecule has 0 unspecified atom stereocenters. The fraction of sp³-hybridized carbons (Fsp3) is 0.500. The van der Waals surface area contributed by atoms with E-state index in [1.807, 2.05) is 6.08 Å². The van der Waals surface area contributed by atoms with Gasteiger partial charge in [-0.15, -0.1) is 11.6 Å². The number of carbonyl (C=O) groups is 1. The first kappa shape index (κ1) is 9.29. The van der Waals surface area contributed by atoms with Gasteiger partial charge in [0, 0.05) is 5.03 Å². The van der Waals surface area contributed by atoms with Crippen molar-refractivity contribution in [3.05, 3.63) is 22.8 Å². The first-order chi connectivity index (χ1) is 6.00. The largest absolute Gasteiger partial charge is 0.295 e. The van der Waals surface area contributed by atoms with Crippen LogP contribution in [0.1, 0.15) is 19.8 Å². The minimum Gasteiger partial charge on any atom is -0.295 e. The summed E-state index contributed by atoms with van der Waals surface area (Å²) in [6.45, 7) is 1.58. The van der Waals surface area contributed by atoms with Gasteiger partial charge in [-0.3, -0.25) is 4.79 Å². The van der Waals surface area contributed by atoms with Crippen LogP contribution in [-0.4, -0.2) is 10.7 Å². The highest BCUT2D eigenvalue weighted by Crippen LogP contribution is 2.51. The summed E-state index contributed by atoms with van der Waals surface area (Å²) in [7, 11) is 0. The molecule has 0 atom stereocenters. The van der Waals surface area contributed by atoms with Crippen LogP contribution in [0.3, 0.4) is 0 Å². The Labute approximate surface area is 87.4 Å². The second-order valence-corrected chi connectivity index (χ2v) is 5.01. The normalized spacial score (nSPS) is 37.0. The van der Waals surface area contributed by atoms with Gasteiger partial charge in [-0.25, -0.2) is 0 Å². The van der Waals surface area contributed by atoms with Gasteiger partial charge in [0.15, 0.2) is 5.78 Å². The van der Waals surface area contributed by atoms with Crippen LogP contribution in [0.5, 0.6) is 0 Å². The number of Topliss-reactive ketones (excluding diaryl/α,β-unsaturated/α-hetero) is 1. The molecule has 1 fully saturated rings. The lowest BCUT2D eigenvalue weighted by Crippen LogP contribution is -2.37. The summed E-state index contributed by atoms with van der Waals surface area (Å²) in [5.74, 6) is 0.430. The second-order valence-electron chi connectivity index (χ2n) is 3.82. The molecule has 0 aliphatic heterocycles. The van der Waals surface area contributed by atoms with Gasteiger partial charge < -0.3 is 0 Å². The second kappa shape index (κ2) is 2.86. The van der Waals surface area contributed by atoms with Crippen molar-refractivity contribution < 1.29 is 4.79 Å². The van der Waals surface area contributed by atoms with E-state index in [2.05, 4.69) is 0 Å². The third-order valence-electron chi connectivity index (χ3n) is 2.71. The highest BCUT2D eigenvalue weighted by molar-refractivity contribution is 6.34. The average molecular weight is 217 g/mol. The monoisotopic (exact) mass is 216 g/mol. The zero-order valence-electron chi connectivity index (χ0n) is 7.31. The molecule has 0 radical (unpaired) electrons. The molecule has 3 heteroatoms. The summed E-state index contributed by atoms with van der Waals surface area (Å²) in [5, 5.41) is 0.597. The van der Waals surface area contributed by atoms with Crippen molar-refractivity contribution in [2.75, 3.05) is 0 Å². The molecule has 1 saturated carbocycles. The number of fused-ring (bicyclic) bond motifs is 1. The SMILES string of the molecule is CC(=O)C1=CC(Cl)=CC2(Cl)CC1C2. The Morgan fingerprint density at radius 2 is 2.23 bits per heavy atom. The van der Waals surface area contributed by atoms with Crippen LogP contribution in [-0.2, 0) is 4.79 Å². The van der Waals surface area contributed by atoms with E-state index in [1.165, 1.54) is 0 Å². The molecule has 3 aliphatic carbocycles. The van der Waals surface area contributed by atoms with Gasteiger partial charge in [-0.2, -0.15) is 0 Å². The molecule has 2 bridgehead atoms. The molecule has 0 spiro atoms. The molecule has 0 amide bonds. The zero-order valence-corrected chi connectivity index (χ0v) is 8.82. The van der Waals surface area contributed by atoms with E-state index < -0.39 is 0 Å². The lowest BCUT2D eigenvalue weighted by molar-refractivity contribution is -0.114. The van der Waals surface area contributed by atoms with Crippen molar-refractivity contribution in [2.24, 2.45) is 5.92 Å². The summed E-state index contributed by atoms with van der Waals surface area (Å²) in [6, 6.07) is 0. The van der Waals surface area contributed by atoms with E-state index in [-0.39, 0.29) is 10.7 Å². The van der Waals surface area contributed by atoms with Crippen LogP contribution in [0, 0.1) is 5.92 Å². The first-order valence-electron chi connectivity index (χ1n) is 4.30. The molecule has 13 heavy (non-hydrogen) atoms. The summed E-state index contributed by atoms with van der Waals surface area (Å²) in [6.07, 6.45) is 5.29. The van der Waals surface area contributed by atoms with Crippen LogP contribution in [0.15, 0.2) is 22.8 Å². The fourth-order valence-corrected chi connectivity index (χ4v) is 2.91. The minimum absolute atomic E-state index is 0.108. The Bertz CT molecular complexity index is 322. The lowest BCUT2D eigenvalue weighted by atomic mass is 9.71. The predicted octanol–water partition coefficient (Wildman–Crippen LogP) is 3.03. The summed E-state index contributed by atoms with van der Waals surface area (Å²) >= 11 is 12.1. The standard InChI is InChI=1S/C10H10Cl2O/c1-6(13)9-2-8(11)5-10(12)3-7(9)4-10/h2,5,7H,3-4H2,1H3. The van der Waals surface area contributed by atoms with Crippen molar-refractivity contribution in [1.82, 2.24) is 0 Å². The van der Waals surface area contributed by atoms with Crippen molar-refractivity contribution in [1.29, 1.82) is 0 Å². The summed E-state index contributed by atoms with van der Waals surface area (Å²) < 4.78 is 0. The van der Waals surface area contributed by atoms with Crippen molar-refractivity contribution >= 4 is 29.0 Å². The topological polar surface area (TPSA) is 17.1 Å². The molecule has 0 aromatic rings. The molecule has 0 aromatic heterocycles. The predicted molar refractivity (Wildman–Crippen MR) is 54.0 cm³/mol. The van der Waals surface area contributed by atoms with E-state index in [9.17, 15) is 4.79 Å². The number of ketones is 1. The number of alkyl halides is 1. The van der Waals surface area contributed by atoms with Crippen molar-refractivity contribution in [2.45, 2.75) is 24.6 Å². The summed E-state index contributed by atoms with van der Waals surface area (Å²) in [4.78, 5) is 11.0. The Morgan fingerprint density at radius 1 is 1.62 bits per heavy atom. The molecule has 0 N–H and O–H groups in total. The van der Waals surface area contributed by atoms with Gasteiger partial charge in [0.1, 0.15) is 0 Å². The van der Waals surface area contributed by atoms with Gasteiger partial charge in [-0.1, -0.05) is 11.6 Å². The van der Waals surface area contributed by atoms with Crippen LogP contribution >= 0.6 is 23.2 Å². The third kappa shape index (κ3) is 1.55. The van der Waals surface area contributed by atoms with Crippen LogP contribution in [0.2, 0.25) is 0 Å². The van der Waals surface area contributed by atoms with Crippen LogP contribution in [0.25, 0.3) is 0 Å². The average Bonchev–Trinajstić information content (AvgIpc) is 2.12. The quantitative estimate of drug-likeness (QED) is 0.617. The molecule has 0 heterocycles. The van der Waals surface area contributed by atoms with Crippen LogP contribution < -0.4 is 0 Å². The zero-order chi connectivity index (χ0) is 9.64. The van der Waals surface area contributed by atoms with Gasteiger partial charge >= 0.3 is 0 Å². The molecule has 0 aromatic carbocycles. The Kier molecular flexibility index (Phi) is 2.04. The van der Waals surface area contributed by atoms with E-state index >= 15 is 0 Å². The molecule has 3 aliphatic rings. The van der Waals surface area contributed by atoms with Gasteiger partial charge in [-0.05, 0) is 43.4 Å². The maximum Gasteiger partial charge on any atom is 0.156 e. The highest BCUT2D eigenvalue weighted by atomic mass is 35.5. The fourth-order valence-electron chi connectivity index (χ4n) is 2.04. The number of hydrogen-bond donors (Lipinski definition) is 0. The third-order valence-corrected chi connectivity index (χ3v) is 3.34. The van der Waals surface area contributed by atoms with E-state index in [0.717, 1.165) is 18.4 Å². The van der Waals surface area contributed by atoms with E-state index in [1.54, 1.807) is 13.0 Å². The smallest absolute Gasteiger partial charge is 0.156 e. The molecular formula is C10H10Cl2O. The van der Waals surface area contributed by atoms with Gasteiger partial charge in [0.2, 0.25) is 0 Å². The molecule has 1 nitrogen and oxygen atoms in total. The maximum atomic E-state index is 11.2. The first-order valence-corrected chi connectivity index (χ1v) is 5.05. The molecule has 0 saturated heterocycles. The van der Waals surface area contributed by atoms with Gasteiger partial charge in [0.25, 0.3) is 0 Å². The molecule has 70 valence electrons. The number of carbonyl (C=O) groups excluding carboxylic acids is 1. The molecule has 3 rings (SSSR count). The Morgan fingerprint density at radius 3 is 2.77 bits per heavy atom. The highest BCUT2D eigenvalue weighted by Gasteiger charge is 2.45. The van der Waals surface area contributed by atoms with Crippen LogP contribution in [0.4, 0.5) is 0 Å². The minimum atomic E-state index is -0.282.